The van der Waals surface area contributed by atoms with Gasteiger partial charge >= 0.3 is 0 Å². The van der Waals surface area contributed by atoms with Gasteiger partial charge in [0, 0.05) is 10.0 Å². The second kappa shape index (κ2) is 3.78. The summed E-state index contributed by atoms with van der Waals surface area (Å²) < 4.78 is 1.00. The molecule has 16 heavy (non-hydrogen) atoms. The molecule has 0 unspecified atom stereocenters. The molecule has 0 aliphatic heterocycles. The molecule has 84 valence electrons. The number of aryl methyl sites for hydroxylation is 1. The van der Waals surface area contributed by atoms with Crippen LogP contribution >= 0.6 is 15.9 Å². The van der Waals surface area contributed by atoms with Crippen molar-refractivity contribution >= 4 is 15.9 Å². The van der Waals surface area contributed by atoms with Gasteiger partial charge in [-0.2, -0.15) is 5.26 Å². The van der Waals surface area contributed by atoms with E-state index in [0.29, 0.717) is 0 Å². The van der Waals surface area contributed by atoms with Crippen LogP contribution < -0.4 is 0 Å². The monoisotopic (exact) mass is 279 g/mol. The van der Waals surface area contributed by atoms with Crippen molar-refractivity contribution in [1.29, 1.82) is 5.26 Å². The van der Waals surface area contributed by atoms with E-state index in [4.69, 9.17) is 0 Å². The molecule has 1 aromatic carbocycles. The predicted octanol–water partition coefficient (Wildman–Crippen LogP) is 3.72. The molecule has 0 aromatic heterocycles. The van der Waals surface area contributed by atoms with Gasteiger partial charge in [-0.3, -0.25) is 0 Å². The Morgan fingerprint density at radius 1 is 1.44 bits per heavy atom. The minimum absolute atomic E-state index is 0.263. The van der Waals surface area contributed by atoms with Gasteiger partial charge in [-0.1, -0.05) is 15.9 Å². The second-order valence-electron chi connectivity index (χ2n) is 4.57. The Kier molecular flexibility index (Phi) is 2.71. The Hall–Kier alpha value is -1.01. The summed E-state index contributed by atoms with van der Waals surface area (Å²) in [5.74, 6) is 0.263. The van der Waals surface area contributed by atoms with Gasteiger partial charge in [-0.25, -0.2) is 0 Å². The van der Waals surface area contributed by atoms with Crippen molar-refractivity contribution in [2.45, 2.75) is 38.5 Å². The van der Waals surface area contributed by atoms with Crippen molar-refractivity contribution in [2.24, 2.45) is 0 Å². The number of hydrogen-bond acceptors (Lipinski definition) is 2. The lowest BCUT2D eigenvalue weighted by molar-refractivity contribution is 0.309. The smallest absolute Gasteiger partial charge is 0.120 e. The highest BCUT2D eigenvalue weighted by atomic mass is 79.9. The Balaban J connectivity index is 2.66. The van der Waals surface area contributed by atoms with Crippen molar-refractivity contribution in [2.75, 3.05) is 0 Å². The molecule has 1 aliphatic carbocycles. The summed E-state index contributed by atoms with van der Waals surface area (Å²) >= 11 is 3.52. The summed E-state index contributed by atoms with van der Waals surface area (Å²) in [5.41, 5.74) is 2.37. The van der Waals surface area contributed by atoms with Gasteiger partial charge in [-0.05, 0) is 50.3 Å². The number of phenols is 1. The highest BCUT2D eigenvalue weighted by molar-refractivity contribution is 9.10. The van der Waals surface area contributed by atoms with Crippen LogP contribution in [0.15, 0.2) is 10.5 Å². The fraction of sp³-hybridized carbons (Fsp3) is 0.462. The van der Waals surface area contributed by atoms with Gasteiger partial charge in [0.2, 0.25) is 0 Å². The number of rotatable bonds is 1. The lowest BCUT2D eigenvalue weighted by Gasteiger charge is -2.37. The zero-order chi connectivity index (χ0) is 11.9. The van der Waals surface area contributed by atoms with E-state index in [2.05, 4.69) is 22.0 Å². The SMILES string of the molecule is Cc1cc(O)c(C2(C#N)CCC2)c(C)c1Br. The lowest BCUT2D eigenvalue weighted by Crippen LogP contribution is -2.33. The number of nitrogens with zero attached hydrogens (tertiary/aromatic N) is 1. The Morgan fingerprint density at radius 2 is 2.06 bits per heavy atom. The molecule has 0 bridgehead atoms. The molecule has 0 amide bonds. The van der Waals surface area contributed by atoms with E-state index in [1.807, 2.05) is 13.8 Å². The first-order valence-electron chi connectivity index (χ1n) is 5.42. The number of halogens is 1. The van der Waals surface area contributed by atoms with Crippen LogP contribution in [0.25, 0.3) is 0 Å². The van der Waals surface area contributed by atoms with Gasteiger partial charge in [0.05, 0.1) is 11.5 Å². The van der Waals surface area contributed by atoms with Crippen LogP contribution in [0.3, 0.4) is 0 Å². The maximum Gasteiger partial charge on any atom is 0.120 e. The van der Waals surface area contributed by atoms with E-state index in [1.54, 1.807) is 6.07 Å². The molecule has 1 fully saturated rings. The minimum Gasteiger partial charge on any atom is -0.508 e. The summed E-state index contributed by atoms with van der Waals surface area (Å²) in [6.45, 7) is 3.91. The van der Waals surface area contributed by atoms with Gasteiger partial charge in [0.1, 0.15) is 5.75 Å². The molecule has 2 nitrogen and oxygen atoms in total. The van der Waals surface area contributed by atoms with Crippen molar-refractivity contribution in [3.05, 3.63) is 27.2 Å². The number of phenolic OH excluding ortho intramolecular Hbond substituents is 1. The van der Waals surface area contributed by atoms with Gasteiger partial charge < -0.3 is 5.11 Å². The van der Waals surface area contributed by atoms with Crippen molar-refractivity contribution < 1.29 is 5.11 Å². The summed E-state index contributed by atoms with van der Waals surface area (Å²) in [4.78, 5) is 0. The summed E-state index contributed by atoms with van der Waals surface area (Å²) in [7, 11) is 0. The van der Waals surface area contributed by atoms with Crippen molar-refractivity contribution in [1.82, 2.24) is 0 Å². The quantitative estimate of drug-likeness (QED) is 0.852. The first-order valence-corrected chi connectivity index (χ1v) is 6.21. The van der Waals surface area contributed by atoms with Crippen LogP contribution in [0, 0.1) is 25.2 Å². The van der Waals surface area contributed by atoms with E-state index in [-0.39, 0.29) is 5.75 Å². The Bertz CT molecular complexity index is 484. The number of nitriles is 1. The highest BCUT2D eigenvalue weighted by Crippen LogP contribution is 2.49. The maximum absolute atomic E-state index is 10.1. The fourth-order valence-corrected chi connectivity index (χ4v) is 2.80. The van der Waals surface area contributed by atoms with Gasteiger partial charge in [0.25, 0.3) is 0 Å². The van der Waals surface area contributed by atoms with Crippen LogP contribution in [-0.2, 0) is 5.41 Å². The fourth-order valence-electron chi connectivity index (χ4n) is 2.49. The van der Waals surface area contributed by atoms with Crippen LogP contribution in [-0.4, -0.2) is 5.11 Å². The van der Waals surface area contributed by atoms with Crippen LogP contribution in [0.1, 0.15) is 36.0 Å². The molecule has 1 aromatic rings. The summed E-state index contributed by atoms with van der Waals surface area (Å²) in [6, 6.07) is 4.12. The number of hydrogen-bond donors (Lipinski definition) is 1. The van der Waals surface area contributed by atoms with Crippen molar-refractivity contribution in [3.8, 4) is 11.8 Å². The first kappa shape index (κ1) is 11.5. The van der Waals surface area contributed by atoms with Crippen LogP contribution in [0.5, 0.6) is 5.75 Å². The van der Waals surface area contributed by atoms with Crippen LogP contribution in [0.4, 0.5) is 0 Å². The Morgan fingerprint density at radius 3 is 2.50 bits per heavy atom. The number of benzene rings is 1. The van der Waals surface area contributed by atoms with Crippen LogP contribution in [0.2, 0.25) is 0 Å². The summed E-state index contributed by atoms with van der Waals surface area (Å²) in [6.07, 6.45) is 2.78. The van der Waals surface area contributed by atoms with E-state index >= 15 is 0 Å². The molecular formula is C13H14BrNO. The van der Waals surface area contributed by atoms with E-state index in [9.17, 15) is 10.4 Å². The van der Waals surface area contributed by atoms with Gasteiger partial charge in [-0.15, -0.1) is 0 Å². The molecule has 0 spiro atoms. The molecule has 1 aliphatic rings. The average molecular weight is 280 g/mol. The highest BCUT2D eigenvalue weighted by Gasteiger charge is 2.42. The third-order valence-corrected chi connectivity index (χ3v) is 4.78. The minimum atomic E-state index is -0.454. The molecule has 0 saturated heterocycles. The van der Waals surface area contributed by atoms with E-state index < -0.39 is 5.41 Å². The molecular weight excluding hydrogens is 266 g/mol. The molecule has 0 atom stereocenters. The predicted molar refractivity (Wildman–Crippen MR) is 66.4 cm³/mol. The maximum atomic E-state index is 10.1. The second-order valence-corrected chi connectivity index (χ2v) is 5.37. The Labute approximate surface area is 104 Å². The largest absolute Gasteiger partial charge is 0.508 e. The summed E-state index contributed by atoms with van der Waals surface area (Å²) in [5, 5.41) is 19.4. The third-order valence-electron chi connectivity index (χ3n) is 3.56. The first-order chi connectivity index (χ1) is 7.52. The molecule has 1 saturated carbocycles. The molecule has 0 heterocycles. The molecule has 1 N–H and O–H groups in total. The lowest BCUT2D eigenvalue weighted by atomic mass is 9.64. The van der Waals surface area contributed by atoms with Crippen molar-refractivity contribution in [3.63, 3.8) is 0 Å². The third kappa shape index (κ3) is 1.44. The molecule has 0 radical (unpaired) electrons. The topological polar surface area (TPSA) is 44.0 Å². The zero-order valence-corrected chi connectivity index (χ0v) is 11.1. The molecule has 3 heteroatoms. The average Bonchev–Trinajstić information content (AvgIpc) is 2.18. The van der Waals surface area contributed by atoms with Gasteiger partial charge in [0.15, 0.2) is 0 Å². The normalized spacial score (nSPS) is 17.6. The molecule has 2 rings (SSSR count). The van der Waals surface area contributed by atoms with E-state index in [0.717, 1.165) is 40.4 Å². The zero-order valence-electron chi connectivity index (χ0n) is 9.47. The number of aromatic hydroxyl groups is 1. The van der Waals surface area contributed by atoms with E-state index in [1.165, 1.54) is 0 Å². The standard InChI is InChI=1S/C13H14BrNO/c1-8-6-10(16)11(9(2)12(8)14)13(7-15)4-3-5-13/h6,16H,3-5H2,1-2H3.